The van der Waals surface area contributed by atoms with E-state index in [4.69, 9.17) is 0 Å². The van der Waals surface area contributed by atoms with Crippen molar-refractivity contribution in [1.29, 1.82) is 0 Å². The third-order valence-corrected chi connectivity index (χ3v) is 1.16. The maximum atomic E-state index is 9.90. The molecule has 0 rings (SSSR count). The summed E-state index contributed by atoms with van der Waals surface area (Å²) in [5.41, 5.74) is -0.904. The first-order valence-corrected chi connectivity index (χ1v) is 3.90. The molecule has 0 heterocycles. The Morgan fingerprint density at radius 3 is 1.60 bits per heavy atom. The first-order chi connectivity index (χ1) is 3.71. The van der Waals surface area contributed by atoms with E-state index in [1.807, 2.05) is 0 Å². The van der Waals surface area contributed by atoms with Crippen molar-refractivity contribution >= 4 is 7.82 Å². The van der Waals surface area contributed by atoms with Crippen LogP contribution in [0.5, 0.6) is 0 Å². The number of hydrogen-bond donors (Lipinski definition) is 0. The SMILES string of the molecule is CC(C)(C)OP(=O)([O-])[O-].[V+2]. The van der Waals surface area contributed by atoms with Crippen molar-refractivity contribution in [2.75, 3.05) is 0 Å². The van der Waals surface area contributed by atoms with Gasteiger partial charge in [-0.3, -0.25) is 0 Å². The molecule has 0 unspecified atom stereocenters. The molecule has 10 heavy (non-hydrogen) atoms. The summed E-state index contributed by atoms with van der Waals surface area (Å²) in [4.78, 5) is 19.8. The molecular weight excluding hydrogens is 194 g/mol. The van der Waals surface area contributed by atoms with Crippen molar-refractivity contribution < 1.29 is 37.4 Å². The Labute approximate surface area is 72.1 Å². The van der Waals surface area contributed by atoms with Crippen LogP contribution in [0.25, 0.3) is 0 Å². The molecule has 0 aliphatic heterocycles. The predicted octanol–water partition coefficient (Wildman–Crippen LogP) is -0.372. The quantitative estimate of drug-likeness (QED) is 0.545. The topological polar surface area (TPSA) is 72.4 Å². The van der Waals surface area contributed by atoms with Gasteiger partial charge < -0.3 is 18.9 Å². The molecule has 0 bridgehead atoms. The van der Waals surface area contributed by atoms with Gasteiger partial charge in [0.15, 0.2) is 0 Å². The van der Waals surface area contributed by atoms with Crippen LogP contribution < -0.4 is 9.79 Å². The third-order valence-electron chi connectivity index (χ3n) is 0.386. The summed E-state index contributed by atoms with van der Waals surface area (Å²) in [5.74, 6) is 0. The van der Waals surface area contributed by atoms with Gasteiger partial charge in [-0.05, 0) is 20.8 Å². The standard InChI is InChI=1S/C4H11O4P.V/c1-4(2,3)8-9(5,6)7;/h1-3H3,(H2,5,6,7);/q;+2/p-2. The molecule has 1 radical (unpaired) electrons. The minimum atomic E-state index is -4.79. The first-order valence-electron chi connectivity index (χ1n) is 2.43. The van der Waals surface area contributed by atoms with E-state index in [1.54, 1.807) is 0 Å². The Balaban J connectivity index is 0. The molecule has 4 nitrogen and oxygen atoms in total. The summed E-state index contributed by atoms with van der Waals surface area (Å²) in [6, 6.07) is 0. The van der Waals surface area contributed by atoms with Crippen LogP contribution in [0.2, 0.25) is 0 Å². The molecule has 0 saturated carbocycles. The maximum absolute atomic E-state index is 9.90. The van der Waals surface area contributed by atoms with Crippen LogP contribution in [0.3, 0.4) is 0 Å². The van der Waals surface area contributed by atoms with E-state index >= 15 is 0 Å². The molecule has 0 N–H and O–H groups in total. The molecule has 0 saturated heterocycles. The van der Waals surface area contributed by atoms with Crippen LogP contribution in [-0.2, 0) is 27.6 Å². The summed E-state index contributed by atoms with van der Waals surface area (Å²) >= 11 is 0. The second-order valence-corrected chi connectivity index (χ2v) is 3.73. The van der Waals surface area contributed by atoms with Gasteiger partial charge in [-0.25, -0.2) is 0 Å². The van der Waals surface area contributed by atoms with Crippen LogP contribution in [0.1, 0.15) is 20.8 Å². The van der Waals surface area contributed by atoms with Gasteiger partial charge in [0.1, 0.15) is 0 Å². The minimum absolute atomic E-state index is 0. The zero-order valence-corrected chi connectivity index (χ0v) is 8.32. The number of phosphoric acid groups is 1. The van der Waals surface area contributed by atoms with Crippen LogP contribution in [0, 0.1) is 0 Å². The molecule has 0 fully saturated rings. The van der Waals surface area contributed by atoms with Gasteiger partial charge in [0, 0.05) is 0 Å². The summed E-state index contributed by atoms with van der Waals surface area (Å²) in [7, 11) is -4.79. The Hall–Kier alpha value is 0.694. The van der Waals surface area contributed by atoms with Gasteiger partial charge in [0.05, 0.1) is 13.4 Å². The van der Waals surface area contributed by atoms with E-state index < -0.39 is 13.4 Å². The fourth-order valence-electron chi connectivity index (χ4n) is 0.335. The molecule has 59 valence electrons. The maximum Gasteiger partial charge on any atom is 2.00 e. The Bertz CT molecular complexity index is 135. The van der Waals surface area contributed by atoms with Crippen molar-refractivity contribution in [3.8, 4) is 0 Å². The van der Waals surface area contributed by atoms with Crippen LogP contribution >= 0.6 is 7.82 Å². The summed E-state index contributed by atoms with van der Waals surface area (Å²) in [6.07, 6.45) is 0. The number of hydrogen-bond acceptors (Lipinski definition) is 4. The summed E-state index contributed by atoms with van der Waals surface area (Å²) < 4.78 is 14.0. The van der Waals surface area contributed by atoms with E-state index in [0.717, 1.165) is 0 Å². The monoisotopic (exact) mass is 203 g/mol. The van der Waals surface area contributed by atoms with E-state index in [9.17, 15) is 14.4 Å². The van der Waals surface area contributed by atoms with Crippen molar-refractivity contribution in [1.82, 2.24) is 0 Å². The van der Waals surface area contributed by atoms with Gasteiger partial charge in [-0.1, -0.05) is 0 Å². The predicted molar refractivity (Wildman–Crippen MR) is 28.4 cm³/mol. The molecule has 0 aromatic rings. The van der Waals surface area contributed by atoms with Crippen LogP contribution in [0.4, 0.5) is 0 Å². The van der Waals surface area contributed by atoms with Crippen LogP contribution in [-0.4, -0.2) is 5.60 Å². The van der Waals surface area contributed by atoms with Crippen LogP contribution in [0.15, 0.2) is 0 Å². The Morgan fingerprint density at radius 2 is 1.60 bits per heavy atom. The second kappa shape index (κ2) is 3.91. The van der Waals surface area contributed by atoms with Gasteiger partial charge in [-0.15, -0.1) is 0 Å². The summed E-state index contributed by atoms with van der Waals surface area (Å²) in [6.45, 7) is 4.49. The molecule has 0 aliphatic carbocycles. The Morgan fingerprint density at radius 1 is 1.30 bits per heavy atom. The van der Waals surface area contributed by atoms with Gasteiger partial charge >= 0.3 is 18.6 Å². The normalized spacial score (nSPS) is 12.5. The van der Waals surface area contributed by atoms with Crippen molar-refractivity contribution in [2.45, 2.75) is 26.4 Å². The molecule has 0 aromatic carbocycles. The van der Waals surface area contributed by atoms with Gasteiger partial charge in [0.2, 0.25) is 0 Å². The molecule has 0 aromatic heterocycles. The fourth-order valence-corrected chi connectivity index (χ4v) is 1.01. The molecule has 6 heteroatoms. The van der Waals surface area contributed by atoms with E-state index in [-0.39, 0.29) is 18.6 Å². The van der Waals surface area contributed by atoms with Crippen molar-refractivity contribution in [2.24, 2.45) is 0 Å². The number of phosphoric ester groups is 1. The smallest absolute Gasteiger partial charge is 0.790 e. The molecule has 0 spiro atoms. The first kappa shape index (κ1) is 13.3. The average Bonchev–Trinajstić information content (AvgIpc) is 1.14. The number of rotatable bonds is 1. The Kier molecular flexibility index (Phi) is 5.20. The van der Waals surface area contributed by atoms with Crippen molar-refractivity contribution in [3.05, 3.63) is 0 Å². The molecule has 0 atom stereocenters. The largest absolute Gasteiger partial charge is 2.00 e. The second-order valence-electron chi connectivity index (χ2n) is 2.65. The van der Waals surface area contributed by atoms with Gasteiger partial charge in [0.25, 0.3) is 0 Å². The van der Waals surface area contributed by atoms with E-state index in [2.05, 4.69) is 4.52 Å². The average molecular weight is 203 g/mol. The third kappa shape index (κ3) is 11.5. The van der Waals surface area contributed by atoms with E-state index in [0.29, 0.717) is 0 Å². The molecular formula is C4H9O4PV. The molecule has 0 amide bonds. The zero-order chi connectivity index (χ0) is 7.71. The van der Waals surface area contributed by atoms with Gasteiger partial charge in [-0.2, -0.15) is 0 Å². The minimum Gasteiger partial charge on any atom is -0.790 e. The van der Waals surface area contributed by atoms with Crippen molar-refractivity contribution in [3.63, 3.8) is 0 Å². The van der Waals surface area contributed by atoms with E-state index in [1.165, 1.54) is 20.8 Å². The summed E-state index contributed by atoms with van der Waals surface area (Å²) in [5, 5.41) is 0. The fraction of sp³-hybridized carbons (Fsp3) is 1.00. The zero-order valence-electron chi connectivity index (χ0n) is 6.03. The molecule has 0 aliphatic rings.